The van der Waals surface area contributed by atoms with Crippen molar-refractivity contribution in [2.75, 3.05) is 24.5 Å². The molecule has 35 heavy (non-hydrogen) atoms. The van der Waals surface area contributed by atoms with Gasteiger partial charge in [-0.05, 0) is 74.1 Å². The van der Waals surface area contributed by atoms with Crippen molar-refractivity contribution >= 4 is 28.3 Å². The van der Waals surface area contributed by atoms with E-state index in [1.165, 1.54) is 28.4 Å². The molecule has 1 N–H and O–H groups in total. The summed E-state index contributed by atoms with van der Waals surface area (Å²) in [5.41, 5.74) is 3.33. The molecule has 2 fully saturated rings. The Kier molecular flexibility index (Phi) is 6.76. The fourth-order valence-electron chi connectivity index (χ4n) is 6.04. The third-order valence-corrected chi connectivity index (χ3v) is 8.02. The maximum Gasteiger partial charge on any atom is 0.306 e. The van der Waals surface area contributed by atoms with E-state index >= 15 is 0 Å². The topological polar surface area (TPSA) is 60.9 Å². The molecule has 5 rings (SSSR count). The Labute approximate surface area is 207 Å². The first kappa shape index (κ1) is 23.4. The molecule has 0 aromatic heterocycles. The van der Waals surface area contributed by atoms with Crippen molar-refractivity contribution in [2.45, 2.75) is 51.0 Å². The van der Waals surface area contributed by atoms with Crippen molar-refractivity contribution in [1.29, 1.82) is 0 Å². The highest BCUT2D eigenvalue weighted by molar-refractivity contribution is 5.95. The van der Waals surface area contributed by atoms with Crippen LogP contribution in [0, 0.1) is 5.92 Å². The summed E-state index contributed by atoms with van der Waals surface area (Å²) in [5.74, 6) is -0.566. The minimum absolute atomic E-state index is 0.0119. The second-order valence-corrected chi connectivity index (χ2v) is 9.97. The first-order valence-electron chi connectivity index (χ1n) is 12.9. The van der Waals surface area contributed by atoms with Crippen LogP contribution in [-0.4, -0.2) is 47.6 Å². The number of anilines is 1. The third-order valence-electron chi connectivity index (χ3n) is 8.02. The van der Waals surface area contributed by atoms with E-state index in [2.05, 4.69) is 66.4 Å². The van der Waals surface area contributed by atoms with Crippen LogP contribution >= 0.6 is 0 Å². The molecule has 2 unspecified atom stereocenters. The van der Waals surface area contributed by atoms with Crippen LogP contribution in [0.2, 0.25) is 0 Å². The highest BCUT2D eigenvalue weighted by Crippen LogP contribution is 2.40. The molecule has 1 heterocycles. The molecule has 1 aliphatic carbocycles. The highest BCUT2D eigenvalue weighted by atomic mass is 16.4. The Hall–Kier alpha value is -3.34. The van der Waals surface area contributed by atoms with Gasteiger partial charge in [0, 0.05) is 42.3 Å². The zero-order chi connectivity index (χ0) is 24.4. The van der Waals surface area contributed by atoms with E-state index in [0.29, 0.717) is 43.5 Å². The number of aliphatic carboxylic acids is 1. The molecule has 1 saturated carbocycles. The number of hydrogen-bond donors (Lipinski definition) is 1. The lowest BCUT2D eigenvalue weighted by Gasteiger charge is -2.31. The number of carboxylic acid groups (broad SMARTS) is 1. The van der Waals surface area contributed by atoms with Gasteiger partial charge in [-0.2, -0.15) is 0 Å². The Morgan fingerprint density at radius 3 is 2.34 bits per heavy atom. The second-order valence-electron chi connectivity index (χ2n) is 9.97. The van der Waals surface area contributed by atoms with Gasteiger partial charge in [-0.3, -0.25) is 9.59 Å². The van der Waals surface area contributed by atoms with Crippen molar-refractivity contribution in [1.82, 2.24) is 4.90 Å². The molecule has 5 nitrogen and oxygen atoms in total. The van der Waals surface area contributed by atoms with Crippen LogP contribution in [0.5, 0.6) is 0 Å². The summed E-state index contributed by atoms with van der Waals surface area (Å²) in [6.45, 7) is 4.26. The van der Waals surface area contributed by atoms with Crippen molar-refractivity contribution in [3.8, 4) is 0 Å². The maximum atomic E-state index is 12.9. The Balaban J connectivity index is 1.25. The number of hydrogen-bond acceptors (Lipinski definition) is 3. The molecule has 3 aromatic rings. The van der Waals surface area contributed by atoms with Gasteiger partial charge in [0.25, 0.3) is 5.91 Å². The second kappa shape index (κ2) is 10.1. The van der Waals surface area contributed by atoms with E-state index in [9.17, 15) is 14.7 Å². The molecule has 3 aromatic carbocycles. The minimum Gasteiger partial charge on any atom is -0.481 e. The summed E-state index contributed by atoms with van der Waals surface area (Å²) < 4.78 is 0. The molecule has 1 amide bonds. The van der Waals surface area contributed by atoms with Gasteiger partial charge in [-0.1, -0.05) is 48.5 Å². The first-order valence-corrected chi connectivity index (χ1v) is 12.9. The smallest absolute Gasteiger partial charge is 0.306 e. The first-order chi connectivity index (χ1) is 17.0. The summed E-state index contributed by atoms with van der Waals surface area (Å²) in [5, 5.41) is 11.8. The fraction of sp³-hybridized carbons (Fsp3) is 0.400. The maximum absolute atomic E-state index is 12.9. The van der Waals surface area contributed by atoms with Gasteiger partial charge in [0.05, 0.1) is 5.92 Å². The van der Waals surface area contributed by atoms with Crippen molar-refractivity contribution in [3.05, 3.63) is 77.9 Å². The van der Waals surface area contributed by atoms with E-state index in [1.807, 2.05) is 12.1 Å². The number of rotatable bonds is 6. The largest absolute Gasteiger partial charge is 0.481 e. The number of amides is 1. The number of fused-ring (bicyclic) bond motifs is 1. The van der Waals surface area contributed by atoms with Crippen LogP contribution in [0.3, 0.4) is 0 Å². The van der Waals surface area contributed by atoms with Gasteiger partial charge in [0.15, 0.2) is 0 Å². The monoisotopic (exact) mass is 470 g/mol. The summed E-state index contributed by atoms with van der Waals surface area (Å²) in [6, 6.07) is 23.9. The van der Waals surface area contributed by atoms with Crippen molar-refractivity contribution in [2.24, 2.45) is 5.92 Å². The van der Waals surface area contributed by atoms with E-state index in [1.54, 1.807) is 4.90 Å². The van der Waals surface area contributed by atoms with E-state index < -0.39 is 5.97 Å². The van der Waals surface area contributed by atoms with E-state index in [4.69, 9.17) is 0 Å². The zero-order valence-electron chi connectivity index (χ0n) is 20.4. The number of carbonyl (C=O) groups is 2. The fourth-order valence-corrected chi connectivity index (χ4v) is 6.04. The Morgan fingerprint density at radius 2 is 1.63 bits per heavy atom. The predicted molar refractivity (Wildman–Crippen MR) is 140 cm³/mol. The number of likely N-dealkylation sites (tertiary alicyclic amines) is 1. The highest BCUT2D eigenvalue weighted by Gasteiger charge is 2.31. The predicted octanol–water partition coefficient (Wildman–Crippen LogP) is 5.94. The van der Waals surface area contributed by atoms with Crippen LogP contribution in [-0.2, 0) is 4.79 Å². The standard InChI is InChI=1S/C30H34N2O3/c1-2-32(28-9-5-7-22-6-3-4-8-27(22)28)26-15-14-25(20-26)21-10-12-23(13-11-21)29(33)31-18-16-24(17-19-31)30(34)35/h3-13,24-26H,2,14-20H2,1H3,(H,34,35). The summed E-state index contributed by atoms with van der Waals surface area (Å²) >= 11 is 0. The van der Waals surface area contributed by atoms with Crippen LogP contribution < -0.4 is 4.90 Å². The summed E-state index contributed by atoms with van der Waals surface area (Å²) in [6.07, 6.45) is 4.51. The Bertz CT molecular complexity index is 1190. The molecule has 5 heteroatoms. The normalized spacial score (nSPS) is 20.8. The molecular formula is C30H34N2O3. The molecule has 2 aliphatic rings. The number of benzene rings is 3. The van der Waals surface area contributed by atoms with Gasteiger partial charge in [0.1, 0.15) is 0 Å². The average molecular weight is 471 g/mol. The molecule has 1 aliphatic heterocycles. The third kappa shape index (κ3) is 4.77. The molecule has 2 atom stereocenters. The summed E-state index contributed by atoms with van der Waals surface area (Å²) in [4.78, 5) is 28.5. The number of carbonyl (C=O) groups excluding carboxylic acids is 1. The van der Waals surface area contributed by atoms with E-state index in [0.717, 1.165) is 19.4 Å². The summed E-state index contributed by atoms with van der Waals surface area (Å²) in [7, 11) is 0. The minimum atomic E-state index is -0.751. The molecule has 1 saturated heterocycles. The van der Waals surface area contributed by atoms with Crippen molar-refractivity contribution < 1.29 is 14.7 Å². The van der Waals surface area contributed by atoms with Gasteiger partial charge in [0.2, 0.25) is 0 Å². The van der Waals surface area contributed by atoms with Crippen molar-refractivity contribution in [3.63, 3.8) is 0 Å². The number of piperidine rings is 1. The van der Waals surface area contributed by atoms with Gasteiger partial charge < -0.3 is 14.9 Å². The average Bonchev–Trinajstić information content (AvgIpc) is 3.39. The van der Waals surface area contributed by atoms with Crippen LogP contribution in [0.15, 0.2) is 66.7 Å². The zero-order valence-corrected chi connectivity index (χ0v) is 20.4. The van der Waals surface area contributed by atoms with Crippen LogP contribution in [0.1, 0.15) is 60.9 Å². The quantitative estimate of drug-likeness (QED) is 0.484. The molecule has 0 radical (unpaired) electrons. The number of nitrogens with zero attached hydrogens (tertiary/aromatic N) is 2. The molecule has 0 spiro atoms. The van der Waals surface area contributed by atoms with Crippen LogP contribution in [0.4, 0.5) is 5.69 Å². The SMILES string of the molecule is CCN(c1cccc2ccccc12)C1CCC(c2ccc(C(=O)N3CCC(C(=O)O)CC3)cc2)C1. The Morgan fingerprint density at radius 1 is 0.914 bits per heavy atom. The van der Waals surface area contributed by atoms with E-state index in [-0.39, 0.29) is 11.8 Å². The van der Waals surface area contributed by atoms with Gasteiger partial charge in [-0.15, -0.1) is 0 Å². The molecule has 0 bridgehead atoms. The molecular weight excluding hydrogens is 436 g/mol. The van der Waals surface area contributed by atoms with Crippen LogP contribution in [0.25, 0.3) is 10.8 Å². The van der Waals surface area contributed by atoms with Gasteiger partial charge in [-0.25, -0.2) is 0 Å². The lowest BCUT2D eigenvalue weighted by Crippen LogP contribution is -2.40. The number of carboxylic acids is 1. The van der Waals surface area contributed by atoms with Gasteiger partial charge >= 0.3 is 5.97 Å². The lowest BCUT2D eigenvalue weighted by atomic mass is 9.94. The molecule has 182 valence electrons. The lowest BCUT2D eigenvalue weighted by molar-refractivity contribution is -0.143.